The fraction of sp³-hybridized carbons (Fsp3) is 0.389. The number of nitrogens with zero attached hydrogens (tertiary/aromatic N) is 4. The summed E-state index contributed by atoms with van der Waals surface area (Å²) in [5, 5.41) is 7.63. The second-order valence-corrected chi connectivity index (χ2v) is 6.97. The predicted molar refractivity (Wildman–Crippen MR) is 104 cm³/mol. The molecule has 0 amide bonds. The van der Waals surface area contributed by atoms with Crippen LogP contribution >= 0.6 is 11.3 Å². The van der Waals surface area contributed by atoms with Gasteiger partial charge in [-0.05, 0) is 25.5 Å². The number of fused-ring (bicyclic) bond motifs is 1. The smallest absolute Gasteiger partial charge is 0.357 e. The highest BCUT2D eigenvalue weighted by atomic mass is 32.1. The molecule has 0 aliphatic heterocycles. The van der Waals surface area contributed by atoms with E-state index in [1.807, 2.05) is 37.5 Å². The van der Waals surface area contributed by atoms with Crippen LogP contribution in [0.3, 0.4) is 0 Å². The Hall–Kier alpha value is -2.62. The third-order valence-corrected chi connectivity index (χ3v) is 4.79. The van der Waals surface area contributed by atoms with Crippen LogP contribution in [0, 0.1) is 0 Å². The number of hydrogen-bond acceptors (Lipinski definition) is 4. The first-order valence-corrected chi connectivity index (χ1v) is 9.79. The molecule has 2 N–H and O–H groups in total. The third kappa shape index (κ3) is 5.22. The largest absolute Gasteiger partial charge is 0.434 e. The lowest BCUT2D eigenvalue weighted by Crippen LogP contribution is -2.38. The standard InChI is InChI=1S/C18H21F3N6S/c1-2-22-17(24-10-16-26-15(11-28-16)18(19,20)21)23-8-5-9-27-12-25-13-6-3-4-7-14(13)27/h3-4,6-7,11-12H,2,5,8-10H2,1H3,(H2,22,23,24). The summed E-state index contributed by atoms with van der Waals surface area (Å²) in [4.78, 5) is 12.3. The lowest BCUT2D eigenvalue weighted by molar-refractivity contribution is -0.140. The molecule has 6 nitrogen and oxygen atoms in total. The quantitative estimate of drug-likeness (QED) is 0.354. The number of para-hydroxylation sites is 2. The molecular formula is C18H21F3N6S. The van der Waals surface area contributed by atoms with Gasteiger partial charge in [-0.25, -0.2) is 15.0 Å². The van der Waals surface area contributed by atoms with Crippen molar-refractivity contribution >= 4 is 28.3 Å². The number of thiazole rings is 1. The van der Waals surface area contributed by atoms with Gasteiger partial charge in [0.25, 0.3) is 0 Å². The number of hydrogen-bond donors (Lipinski definition) is 2. The Morgan fingerprint density at radius 2 is 2.07 bits per heavy atom. The SMILES string of the molecule is CCNC(=NCc1nc(C(F)(F)F)cs1)NCCCn1cnc2ccccc21. The molecule has 0 saturated heterocycles. The molecule has 28 heavy (non-hydrogen) atoms. The summed E-state index contributed by atoms with van der Waals surface area (Å²) in [6, 6.07) is 7.95. The summed E-state index contributed by atoms with van der Waals surface area (Å²) >= 11 is 0.960. The summed E-state index contributed by atoms with van der Waals surface area (Å²) in [5.74, 6) is 0.557. The monoisotopic (exact) mass is 410 g/mol. The van der Waals surface area contributed by atoms with E-state index in [2.05, 4.69) is 30.2 Å². The number of benzene rings is 1. The van der Waals surface area contributed by atoms with E-state index in [-0.39, 0.29) is 6.54 Å². The number of aryl methyl sites for hydroxylation is 1. The predicted octanol–water partition coefficient (Wildman–Crippen LogP) is 3.66. The number of nitrogens with one attached hydrogen (secondary N) is 2. The maximum absolute atomic E-state index is 12.6. The number of aromatic nitrogens is 3. The van der Waals surface area contributed by atoms with Gasteiger partial charge in [-0.15, -0.1) is 11.3 Å². The first kappa shape index (κ1) is 20.1. The third-order valence-electron chi connectivity index (χ3n) is 3.95. The number of rotatable bonds is 7. The van der Waals surface area contributed by atoms with Crippen LogP contribution in [0.15, 0.2) is 41.0 Å². The van der Waals surface area contributed by atoms with Gasteiger partial charge in [0.05, 0.1) is 23.9 Å². The number of aliphatic imine (C=N–C) groups is 1. The molecule has 0 spiro atoms. The fourth-order valence-electron chi connectivity index (χ4n) is 2.65. The molecule has 150 valence electrons. The highest BCUT2D eigenvalue weighted by molar-refractivity contribution is 7.09. The van der Waals surface area contributed by atoms with Gasteiger partial charge in [-0.1, -0.05) is 12.1 Å². The van der Waals surface area contributed by atoms with Gasteiger partial charge in [0, 0.05) is 25.0 Å². The molecule has 2 aromatic heterocycles. The lowest BCUT2D eigenvalue weighted by Gasteiger charge is -2.11. The maximum Gasteiger partial charge on any atom is 0.434 e. The number of guanidine groups is 1. The van der Waals surface area contributed by atoms with E-state index >= 15 is 0 Å². The summed E-state index contributed by atoms with van der Waals surface area (Å²) in [6.45, 7) is 4.16. The van der Waals surface area contributed by atoms with Crippen molar-refractivity contribution in [1.29, 1.82) is 0 Å². The van der Waals surface area contributed by atoms with Crippen molar-refractivity contribution in [3.63, 3.8) is 0 Å². The van der Waals surface area contributed by atoms with E-state index in [1.54, 1.807) is 0 Å². The second-order valence-electron chi connectivity index (χ2n) is 6.03. The average Bonchev–Trinajstić information content (AvgIpc) is 3.30. The van der Waals surface area contributed by atoms with E-state index in [0.717, 1.165) is 40.7 Å². The molecule has 2 heterocycles. The molecule has 10 heteroatoms. The lowest BCUT2D eigenvalue weighted by atomic mass is 10.3. The Morgan fingerprint density at radius 1 is 1.25 bits per heavy atom. The highest BCUT2D eigenvalue weighted by Gasteiger charge is 2.33. The molecule has 0 unspecified atom stereocenters. The summed E-state index contributed by atoms with van der Waals surface area (Å²) in [6.07, 6.45) is -1.75. The Kier molecular flexibility index (Phi) is 6.50. The molecule has 1 aromatic carbocycles. The normalized spacial score (nSPS) is 12.5. The molecule has 0 aliphatic carbocycles. The molecule has 0 saturated carbocycles. The minimum absolute atomic E-state index is 0.0994. The summed E-state index contributed by atoms with van der Waals surface area (Å²) < 4.78 is 39.9. The molecule has 0 radical (unpaired) electrons. The zero-order chi connectivity index (χ0) is 20.0. The van der Waals surface area contributed by atoms with E-state index < -0.39 is 11.9 Å². The van der Waals surface area contributed by atoms with Crippen LogP contribution in [-0.2, 0) is 19.3 Å². The van der Waals surface area contributed by atoms with Crippen molar-refractivity contribution in [1.82, 2.24) is 25.2 Å². The minimum Gasteiger partial charge on any atom is -0.357 e. The Labute approximate surface area is 164 Å². The molecule has 3 aromatic rings. The molecule has 0 bridgehead atoms. The van der Waals surface area contributed by atoms with Crippen LogP contribution in [0.2, 0.25) is 0 Å². The number of alkyl halides is 3. The minimum atomic E-state index is -4.42. The van der Waals surface area contributed by atoms with Gasteiger partial charge >= 0.3 is 6.18 Å². The van der Waals surface area contributed by atoms with Gasteiger partial charge in [0.15, 0.2) is 11.7 Å². The van der Waals surface area contributed by atoms with E-state index in [9.17, 15) is 13.2 Å². The van der Waals surface area contributed by atoms with Gasteiger partial charge in [-0.3, -0.25) is 0 Å². The van der Waals surface area contributed by atoms with Crippen molar-refractivity contribution < 1.29 is 13.2 Å². The van der Waals surface area contributed by atoms with Crippen LogP contribution < -0.4 is 10.6 Å². The Balaban J connectivity index is 1.51. The van der Waals surface area contributed by atoms with E-state index in [0.29, 0.717) is 24.1 Å². The van der Waals surface area contributed by atoms with Crippen LogP contribution in [0.1, 0.15) is 24.0 Å². The first-order chi connectivity index (χ1) is 13.5. The maximum atomic E-state index is 12.6. The van der Waals surface area contributed by atoms with Crippen LogP contribution in [0.4, 0.5) is 13.2 Å². The highest BCUT2D eigenvalue weighted by Crippen LogP contribution is 2.30. The Morgan fingerprint density at radius 3 is 2.82 bits per heavy atom. The Bertz CT molecular complexity index is 931. The molecule has 0 atom stereocenters. The molecule has 0 aliphatic rings. The van der Waals surface area contributed by atoms with Crippen LogP contribution in [0.5, 0.6) is 0 Å². The number of halogens is 3. The van der Waals surface area contributed by atoms with Crippen molar-refractivity contribution in [2.24, 2.45) is 4.99 Å². The molecular weight excluding hydrogens is 389 g/mol. The van der Waals surface area contributed by atoms with E-state index in [1.165, 1.54) is 0 Å². The van der Waals surface area contributed by atoms with Gasteiger partial charge in [0.2, 0.25) is 0 Å². The fourth-order valence-corrected chi connectivity index (χ4v) is 3.37. The van der Waals surface area contributed by atoms with Gasteiger partial charge in [-0.2, -0.15) is 13.2 Å². The van der Waals surface area contributed by atoms with Crippen molar-refractivity contribution in [2.45, 2.75) is 32.6 Å². The van der Waals surface area contributed by atoms with Crippen LogP contribution in [-0.4, -0.2) is 33.6 Å². The zero-order valence-corrected chi connectivity index (χ0v) is 16.1. The summed E-state index contributed by atoms with van der Waals surface area (Å²) in [7, 11) is 0. The molecule has 3 rings (SSSR count). The zero-order valence-electron chi connectivity index (χ0n) is 15.3. The second kappa shape index (κ2) is 9.05. The van der Waals surface area contributed by atoms with Gasteiger partial charge in [0.1, 0.15) is 5.01 Å². The van der Waals surface area contributed by atoms with Crippen LogP contribution in [0.25, 0.3) is 11.0 Å². The van der Waals surface area contributed by atoms with Crippen molar-refractivity contribution in [2.75, 3.05) is 13.1 Å². The van der Waals surface area contributed by atoms with Crippen molar-refractivity contribution in [3.05, 3.63) is 46.7 Å². The van der Waals surface area contributed by atoms with Gasteiger partial charge < -0.3 is 15.2 Å². The molecule has 0 fully saturated rings. The summed E-state index contributed by atoms with van der Waals surface area (Å²) in [5.41, 5.74) is 1.19. The average molecular weight is 410 g/mol. The topological polar surface area (TPSA) is 67.1 Å². The van der Waals surface area contributed by atoms with Crippen molar-refractivity contribution in [3.8, 4) is 0 Å². The first-order valence-electron chi connectivity index (χ1n) is 8.91. The number of imidazole rings is 1. The van der Waals surface area contributed by atoms with E-state index in [4.69, 9.17) is 0 Å².